The number of ether oxygens (including phenoxy) is 1. The first-order valence-electron chi connectivity index (χ1n) is 10.2. The Bertz CT molecular complexity index is 752. The number of benzene rings is 1. The van der Waals surface area contributed by atoms with Crippen molar-refractivity contribution in [3.63, 3.8) is 0 Å². The zero-order chi connectivity index (χ0) is 19.8. The molecule has 1 aliphatic rings. The van der Waals surface area contributed by atoms with Crippen LogP contribution in [0, 0.1) is 0 Å². The van der Waals surface area contributed by atoms with E-state index in [2.05, 4.69) is 17.6 Å². The summed E-state index contributed by atoms with van der Waals surface area (Å²) >= 11 is 0. The molecule has 28 heavy (non-hydrogen) atoms. The highest BCUT2D eigenvalue weighted by atomic mass is 16.7. The van der Waals surface area contributed by atoms with Crippen LogP contribution in [0.5, 0.6) is 5.75 Å². The molecule has 0 spiro atoms. The van der Waals surface area contributed by atoms with Crippen LogP contribution in [0.15, 0.2) is 40.8 Å². The van der Waals surface area contributed by atoms with Gasteiger partial charge in [0.25, 0.3) is 0 Å². The summed E-state index contributed by atoms with van der Waals surface area (Å²) in [6.07, 6.45) is 6.36. The molecule has 1 aromatic carbocycles. The predicted molar refractivity (Wildman–Crippen MR) is 106 cm³/mol. The maximum Gasteiger partial charge on any atom is 0.310 e. The number of methoxy groups -OCH3 is 1. The zero-order valence-corrected chi connectivity index (χ0v) is 16.8. The van der Waals surface area contributed by atoms with Gasteiger partial charge in [-0.25, -0.2) is 5.48 Å². The number of nitrogens with one attached hydrogen (secondary N) is 2. The minimum atomic E-state index is -0.347. The van der Waals surface area contributed by atoms with E-state index in [9.17, 15) is 4.79 Å². The van der Waals surface area contributed by atoms with Crippen molar-refractivity contribution in [2.75, 3.05) is 13.7 Å². The maximum atomic E-state index is 12.0. The van der Waals surface area contributed by atoms with Gasteiger partial charge >= 0.3 is 5.91 Å². The van der Waals surface area contributed by atoms with Crippen molar-refractivity contribution in [2.24, 2.45) is 0 Å². The van der Waals surface area contributed by atoms with E-state index in [0.29, 0.717) is 12.6 Å². The van der Waals surface area contributed by atoms with Crippen LogP contribution in [0.1, 0.15) is 60.9 Å². The number of carbonyl (C=O) groups excluding carboxylic acids is 1. The van der Waals surface area contributed by atoms with Crippen LogP contribution in [-0.4, -0.2) is 25.7 Å². The summed E-state index contributed by atoms with van der Waals surface area (Å²) in [5.74, 6) is 1.64. The summed E-state index contributed by atoms with van der Waals surface area (Å²) in [6, 6.07) is 12.5. The van der Waals surface area contributed by atoms with Gasteiger partial charge in [-0.15, -0.1) is 0 Å². The molecule has 1 unspecified atom stereocenters. The van der Waals surface area contributed by atoms with E-state index in [1.54, 1.807) is 13.2 Å². The summed E-state index contributed by atoms with van der Waals surface area (Å²) < 4.78 is 11.2. The lowest BCUT2D eigenvalue weighted by molar-refractivity contribution is -0.954. The third kappa shape index (κ3) is 5.59. The molecule has 1 amide bonds. The first kappa shape index (κ1) is 20.4. The van der Waals surface area contributed by atoms with Gasteiger partial charge in [-0.2, -0.15) is 0 Å². The Morgan fingerprint density at radius 3 is 2.75 bits per heavy atom. The zero-order valence-electron chi connectivity index (χ0n) is 16.8. The molecular formula is C22H31N2O4+. The number of rotatable bonds is 9. The summed E-state index contributed by atoms with van der Waals surface area (Å²) in [5.41, 5.74) is 3.63. The van der Waals surface area contributed by atoms with Crippen molar-refractivity contribution in [1.82, 2.24) is 5.48 Å². The Morgan fingerprint density at radius 1 is 1.18 bits per heavy atom. The molecule has 1 heterocycles. The Labute approximate surface area is 166 Å². The van der Waals surface area contributed by atoms with Gasteiger partial charge in [0.05, 0.1) is 19.8 Å². The van der Waals surface area contributed by atoms with Crippen LogP contribution in [0.3, 0.4) is 0 Å². The van der Waals surface area contributed by atoms with Crippen molar-refractivity contribution < 1.29 is 23.7 Å². The summed E-state index contributed by atoms with van der Waals surface area (Å²) in [4.78, 5) is 18.4. The van der Waals surface area contributed by atoms with Crippen molar-refractivity contribution >= 4 is 5.91 Å². The third-order valence-corrected chi connectivity index (χ3v) is 5.34. The van der Waals surface area contributed by atoms with Crippen molar-refractivity contribution in [3.05, 3.63) is 53.5 Å². The highest BCUT2D eigenvalue weighted by molar-refractivity contribution is 5.90. The Balaban J connectivity index is 1.72. The minimum Gasteiger partial charge on any atom is -0.497 e. The van der Waals surface area contributed by atoms with Gasteiger partial charge in [-0.05, 0) is 56.9 Å². The van der Waals surface area contributed by atoms with Gasteiger partial charge in [0.15, 0.2) is 11.5 Å². The Hall–Kier alpha value is -2.31. The lowest BCUT2D eigenvalue weighted by Gasteiger charge is -2.31. The van der Waals surface area contributed by atoms with Crippen LogP contribution in [-0.2, 0) is 17.9 Å². The number of quaternary nitrogens is 1. The molecular weight excluding hydrogens is 356 g/mol. The second-order valence-electron chi connectivity index (χ2n) is 7.33. The second-order valence-corrected chi connectivity index (χ2v) is 7.33. The molecule has 1 atom stereocenters. The SMILES string of the molecule is CCONC(=O)c1ccc(C[NH+](Cc2cccc(OC)c2)C2CCCCC2)o1. The van der Waals surface area contributed by atoms with E-state index in [1.165, 1.54) is 42.6 Å². The quantitative estimate of drug-likeness (QED) is 0.650. The van der Waals surface area contributed by atoms with Crippen LogP contribution in [0.25, 0.3) is 0 Å². The van der Waals surface area contributed by atoms with Crippen molar-refractivity contribution in [1.29, 1.82) is 0 Å². The van der Waals surface area contributed by atoms with Gasteiger partial charge < -0.3 is 14.1 Å². The molecule has 0 saturated heterocycles. The van der Waals surface area contributed by atoms with Gasteiger partial charge in [0, 0.05) is 5.56 Å². The molecule has 152 valence electrons. The van der Waals surface area contributed by atoms with Crippen molar-refractivity contribution in [3.8, 4) is 5.75 Å². The second kappa shape index (κ2) is 10.3. The maximum absolute atomic E-state index is 12.0. The number of amides is 1. The number of hydrogen-bond donors (Lipinski definition) is 2. The van der Waals surface area contributed by atoms with E-state index >= 15 is 0 Å². The third-order valence-electron chi connectivity index (χ3n) is 5.34. The number of carbonyl (C=O) groups is 1. The van der Waals surface area contributed by atoms with E-state index in [0.717, 1.165) is 24.6 Å². The fraction of sp³-hybridized carbons (Fsp3) is 0.500. The largest absolute Gasteiger partial charge is 0.497 e. The van der Waals surface area contributed by atoms with E-state index < -0.39 is 0 Å². The van der Waals surface area contributed by atoms with Crippen LogP contribution < -0.4 is 15.1 Å². The smallest absolute Gasteiger partial charge is 0.310 e. The molecule has 1 aliphatic carbocycles. The first-order valence-corrected chi connectivity index (χ1v) is 10.2. The van der Waals surface area contributed by atoms with Gasteiger partial charge in [0.1, 0.15) is 18.8 Å². The lowest BCUT2D eigenvalue weighted by atomic mass is 9.93. The number of hydrogen-bond acceptors (Lipinski definition) is 4. The molecule has 1 aromatic heterocycles. The highest BCUT2D eigenvalue weighted by Crippen LogP contribution is 2.18. The van der Waals surface area contributed by atoms with Gasteiger partial charge in [0.2, 0.25) is 0 Å². The topological polar surface area (TPSA) is 65.1 Å². The summed E-state index contributed by atoms with van der Waals surface area (Å²) in [7, 11) is 1.70. The highest BCUT2D eigenvalue weighted by Gasteiger charge is 2.26. The molecule has 3 rings (SSSR count). The average molecular weight is 388 g/mol. The molecule has 1 saturated carbocycles. The molecule has 0 aliphatic heterocycles. The molecule has 1 fully saturated rings. The standard InChI is InChI=1S/C22H30N2O4/c1-3-27-23-22(25)21-13-12-20(28-21)16-24(18-9-5-4-6-10-18)15-17-8-7-11-19(14-17)26-2/h7-8,11-14,18H,3-6,9-10,15-16H2,1-2H3,(H,23,25)/p+1. The van der Waals surface area contributed by atoms with E-state index in [-0.39, 0.29) is 11.7 Å². The van der Waals surface area contributed by atoms with E-state index in [4.69, 9.17) is 14.0 Å². The Morgan fingerprint density at radius 2 is 2.00 bits per heavy atom. The summed E-state index contributed by atoms with van der Waals surface area (Å²) in [6.45, 7) is 3.89. The molecule has 2 aromatic rings. The fourth-order valence-electron chi connectivity index (χ4n) is 3.91. The van der Waals surface area contributed by atoms with E-state index in [1.807, 2.05) is 25.1 Å². The minimum absolute atomic E-state index is 0.285. The normalized spacial score (nSPS) is 15.9. The van der Waals surface area contributed by atoms with Crippen LogP contribution in [0.2, 0.25) is 0 Å². The molecule has 6 nitrogen and oxygen atoms in total. The van der Waals surface area contributed by atoms with Gasteiger partial charge in [-0.3, -0.25) is 9.63 Å². The first-order chi connectivity index (χ1) is 13.7. The Kier molecular flexibility index (Phi) is 7.51. The van der Waals surface area contributed by atoms with Crippen LogP contribution >= 0.6 is 0 Å². The number of furan rings is 1. The summed E-state index contributed by atoms with van der Waals surface area (Å²) in [5, 5.41) is 0. The molecule has 6 heteroatoms. The molecule has 0 radical (unpaired) electrons. The average Bonchev–Trinajstić information content (AvgIpc) is 3.21. The van der Waals surface area contributed by atoms with Gasteiger partial charge in [-0.1, -0.05) is 18.6 Å². The molecule has 0 bridgehead atoms. The fourth-order valence-corrected chi connectivity index (χ4v) is 3.91. The lowest BCUT2D eigenvalue weighted by Crippen LogP contribution is -3.13. The number of hydroxylamine groups is 1. The monoisotopic (exact) mass is 387 g/mol. The van der Waals surface area contributed by atoms with Crippen molar-refractivity contribution in [2.45, 2.75) is 58.2 Å². The van der Waals surface area contributed by atoms with Crippen LogP contribution in [0.4, 0.5) is 0 Å². The predicted octanol–water partition coefficient (Wildman–Crippen LogP) is 2.89. The molecule has 2 N–H and O–H groups in total.